The number of allylic oxidation sites excluding steroid dienone is 1. The molecule has 0 saturated heterocycles. The molecule has 2 heterocycles. The Hall–Kier alpha value is -3.19. The molecule has 0 spiro atoms. The molecule has 0 radical (unpaired) electrons. The van der Waals surface area contributed by atoms with Crippen LogP contribution in [0.25, 0.3) is 11.4 Å². The van der Waals surface area contributed by atoms with E-state index < -0.39 is 0 Å². The summed E-state index contributed by atoms with van der Waals surface area (Å²) in [5.41, 5.74) is 1.79. The fourth-order valence-electron chi connectivity index (χ4n) is 1.77. The molecule has 0 saturated carbocycles. The summed E-state index contributed by atoms with van der Waals surface area (Å²) in [5.74, 6) is 0.354. The topological polar surface area (TPSA) is 103 Å². The third kappa shape index (κ3) is 1.25. The molecule has 0 amide bonds. The normalized spacial score (nSPS) is 11.6. The third-order valence-electron chi connectivity index (χ3n) is 2.56. The van der Waals surface area contributed by atoms with Gasteiger partial charge in [-0.3, -0.25) is 0 Å². The van der Waals surface area contributed by atoms with E-state index in [0.29, 0.717) is 11.5 Å². The van der Waals surface area contributed by atoms with Crippen LogP contribution in [0.5, 0.6) is 0 Å². The average molecular weight is 235 g/mol. The van der Waals surface area contributed by atoms with Gasteiger partial charge in [-0.2, -0.15) is 15.2 Å². The van der Waals surface area contributed by atoms with Crippen molar-refractivity contribution in [2.75, 3.05) is 5.32 Å². The quantitative estimate of drug-likeness (QED) is 0.679. The Bertz CT molecular complexity index is 725. The standard InChI is InChI=1S/C11H5N7/c12-5-7(6-13)10-11-15-16-17-18(11)9-4-2-1-3-8(9)14-10/h1-4,14H. The van der Waals surface area contributed by atoms with Crippen LogP contribution in [0.3, 0.4) is 0 Å². The number of benzene rings is 1. The molecule has 7 heteroatoms. The number of nitrogens with zero attached hydrogens (tertiary/aromatic N) is 6. The van der Waals surface area contributed by atoms with Gasteiger partial charge in [0.2, 0.25) is 5.82 Å². The summed E-state index contributed by atoms with van der Waals surface area (Å²) in [6.45, 7) is 0. The van der Waals surface area contributed by atoms with Crippen LogP contribution in [-0.4, -0.2) is 20.2 Å². The zero-order valence-electron chi connectivity index (χ0n) is 8.99. The van der Waals surface area contributed by atoms with Crippen LogP contribution in [0.15, 0.2) is 29.8 Å². The van der Waals surface area contributed by atoms with E-state index in [1.165, 1.54) is 4.68 Å². The number of fused-ring (bicyclic) bond motifs is 3. The van der Waals surface area contributed by atoms with Crippen LogP contribution in [-0.2, 0) is 0 Å². The van der Waals surface area contributed by atoms with E-state index in [-0.39, 0.29) is 5.57 Å². The molecule has 1 aromatic carbocycles. The van der Waals surface area contributed by atoms with Gasteiger partial charge in [-0.1, -0.05) is 12.1 Å². The zero-order valence-corrected chi connectivity index (χ0v) is 8.99. The van der Waals surface area contributed by atoms with E-state index in [9.17, 15) is 0 Å². The van der Waals surface area contributed by atoms with E-state index >= 15 is 0 Å². The molecule has 2 aromatic rings. The van der Waals surface area contributed by atoms with Crippen LogP contribution in [0.1, 0.15) is 5.82 Å². The monoisotopic (exact) mass is 235 g/mol. The van der Waals surface area contributed by atoms with Crippen molar-refractivity contribution < 1.29 is 0 Å². The first-order valence-corrected chi connectivity index (χ1v) is 5.05. The van der Waals surface area contributed by atoms with Gasteiger partial charge in [0, 0.05) is 0 Å². The van der Waals surface area contributed by atoms with Gasteiger partial charge in [-0.05, 0) is 22.6 Å². The lowest BCUT2D eigenvalue weighted by molar-refractivity contribution is 0.783. The lowest BCUT2D eigenvalue weighted by Crippen LogP contribution is -2.17. The molecule has 84 valence electrons. The molecule has 0 aliphatic carbocycles. The SMILES string of the molecule is N#CC(C#N)=C1Nc2ccccc2-n2nnnc21. The summed E-state index contributed by atoms with van der Waals surface area (Å²) < 4.78 is 1.50. The largest absolute Gasteiger partial charge is 0.349 e. The molecule has 0 atom stereocenters. The van der Waals surface area contributed by atoms with Crippen LogP contribution < -0.4 is 5.32 Å². The maximum atomic E-state index is 8.94. The van der Waals surface area contributed by atoms with Crippen molar-refractivity contribution in [1.82, 2.24) is 20.2 Å². The second-order valence-electron chi connectivity index (χ2n) is 3.53. The zero-order chi connectivity index (χ0) is 12.5. The summed E-state index contributed by atoms with van der Waals surface area (Å²) >= 11 is 0. The fourth-order valence-corrected chi connectivity index (χ4v) is 1.77. The molecule has 18 heavy (non-hydrogen) atoms. The first kappa shape index (κ1) is 10.00. The van der Waals surface area contributed by atoms with Gasteiger partial charge in [-0.15, -0.1) is 5.10 Å². The molecule has 7 nitrogen and oxygen atoms in total. The average Bonchev–Trinajstić information content (AvgIpc) is 2.89. The lowest BCUT2D eigenvalue weighted by Gasteiger charge is -2.19. The fraction of sp³-hybridized carbons (Fsp3) is 0. The molecule has 0 fully saturated rings. The molecule has 1 N–H and O–H groups in total. The van der Waals surface area contributed by atoms with Crippen molar-refractivity contribution in [3.8, 4) is 17.8 Å². The third-order valence-corrected chi connectivity index (χ3v) is 2.56. The van der Waals surface area contributed by atoms with Crippen molar-refractivity contribution in [3.05, 3.63) is 35.7 Å². The smallest absolute Gasteiger partial charge is 0.205 e. The maximum absolute atomic E-state index is 8.94. The van der Waals surface area contributed by atoms with Crippen molar-refractivity contribution in [1.29, 1.82) is 10.5 Å². The van der Waals surface area contributed by atoms with Gasteiger partial charge in [0.15, 0.2) is 5.57 Å². The molecule has 0 unspecified atom stereocenters. The molecular formula is C11H5N7. The number of nitriles is 2. The van der Waals surface area contributed by atoms with Gasteiger partial charge in [0.25, 0.3) is 0 Å². The van der Waals surface area contributed by atoms with Gasteiger partial charge >= 0.3 is 0 Å². The predicted octanol–water partition coefficient (Wildman–Crippen LogP) is 0.846. The Morgan fingerprint density at radius 2 is 2.00 bits per heavy atom. The lowest BCUT2D eigenvalue weighted by atomic mass is 10.1. The Balaban J connectivity index is 2.33. The number of para-hydroxylation sites is 2. The number of tetrazole rings is 1. The first-order chi connectivity index (χ1) is 8.85. The highest BCUT2D eigenvalue weighted by Crippen LogP contribution is 2.31. The second kappa shape index (κ2) is 3.68. The minimum Gasteiger partial charge on any atom is -0.349 e. The van der Waals surface area contributed by atoms with Crippen LogP contribution in [0, 0.1) is 22.7 Å². The van der Waals surface area contributed by atoms with Crippen molar-refractivity contribution in [2.24, 2.45) is 0 Å². The summed E-state index contributed by atoms with van der Waals surface area (Å²) in [7, 11) is 0. The highest BCUT2D eigenvalue weighted by molar-refractivity contribution is 5.86. The van der Waals surface area contributed by atoms with E-state index in [4.69, 9.17) is 10.5 Å². The molecular weight excluding hydrogens is 230 g/mol. The maximum Gasteiger partial charge on any atom is 0.205 e. The van der Waals surface area contributed by atoms with E-state index in [2.05, 4.69) is 20.8 Å². The van der Waals surface area contributed by atoms with Crippen LogP contribution in [0.4, 0.5) is 5.69 Å². The second-order valence-corrected chi connectivity index (χ2v) is 3.53. The molecule has 3 rings (SSSR count). The molecule has 1 aliphatic rings. The van der Waals surface area contributed by atoms with Gasteiger partial charge < -0.3 is 5.32 Å². The number of anilines is 1. The Morgan fingerprint density at radius 3 is 2.78 bits per heavy atom. The van der Waals surface area contributed by atoms with Crippen LogP contribution in [0.2, 0.25) is 0 Å². The predicted molar refractivity (Wildman–Crippen MR) is 60.9 cm³/mol. The van der Waals surface area contributed by atoms with Crippen molar-refractivity contribution >= 4 is 11.4 Å². The van der Waals surface area contributed by atoms with Gasteiger partial charge in [0.05, 0.1) is 11.4 Å². The minimum atomic E-state index is -0.0550. The van der Waals surface area contributed by atoms with Gasteiger partial charge in [0.1, 0.15) is 17.8 Å². The Morgan fingerprint density at radius 1 is 1.22 bits per heavy atom. The summed E-state index contributed by atoms with van der Waals surface area (Å²) in [6, 6.07) is 11.0. The van der Waals surface area contributed by atoms with Crippen molar-refractivity contribution in [2.45, 2.75) is 0 Å². The highest BCUT2D eigenvalue weighted by Gasteiger charge is 2.24. The first-order valence-electron chi connectivity index (χ1n) is 5.05. The minimum absolute atomic E-state index is 0.0550. The Kier molecular flexibility index (Phi) is 2.04. The Labute approximate surface area is 102 Å². The summed E-state index contributed by atoms with van der Waals surface area (Å²) in [4.78, 5) is 0. The molecule has 0 bridgehead atoms. The van der Waals surface area contributed by atoms with Crippen molar-refractivity contribution in [3.63, 3.8) is 0 Å². The van der Waals surface area contributed by atoms with E-state index in [1.807, 2.05) is 36.4 Å². The number of aromatic nitrogens is 4. The molecule has 1 aliphatic heterocycles. The van der Waals surface area contributed by atoms with E-state index in [1.54, 1.807) is 0 Å². The molecule has 1 aromatic heterocycles. The van der Waals surface area contributed by atoms with E-state index in [0.717, 1.165) is 11.4 Å². The summed E-state index contributed by atoms with van der Waals surface area (Å²) in [6.07, 6.45) is 0. The van der Waals surface area contributed by atoms with Crippen LogP contribution >= 0.6 is 0 Å². The number of rotatable bonds is 0. The number of nitrogens with one attached hydrogen (secondary N) is 1. The summed E-state index contributed by atoms with van der Waals surface area (Å²) in [5, 5.41) is 32.2. The van der Waals surface area contributed by atoms with Gasteiger partial charge in [-0.25, -0.2) is 0 Å². The number of hydrogen-bond donors (Lipinski definition) is 1. The highest BCUT2D eigenvalue weighted by atomic mass is 15.6. The number of hydrogen-bond acceptors (Lipinski definition) is 6.